The molecule has 0 spiro atoms. The zero-order valence-corrected chi connectivity index (χ0v) is 12.1. The van der Waals surface area contributed by atoms with Gasteiger partial charge in [-0.15, -0.1) is 0 Å². The molecule has 1 aromatic heterocycles. The minimum atomic E-state index is -0.354. The van der Waals surface area contributed by atoms with Crippen LogP contribution in [0.25, 0.3) is 0 Å². The number of hydrogen-bond donors (Lipinski definition) is 0. The highest BCUT2D eigenvalue weighted by molar-refractivity contribution is 5.17. The molecule has 1 aromatic rings. The fourth-order valence-corrected chi connectivity index (χ4v) is 2.43. The smallest absolute Gasteiger partial charge is 0.103 e. The fraction of sp³-hybridized carbons (Fsp3) is 0.600. The van der Waals surface area contributed by atoms with Gasteiger partial charge in [0.15, 0.2) is 0 Å². The Bertz CT molecular complexity index is 467. The molecule has 0 aromatic carbocycles. The molecule has 1 saturated heterocycles. The van der Waals surface area contributed by atoms with Crippen molar-refractivity contribution in [2.75, 3.05) is 26.2 Å². The monoisotopic (exact) mass is 258 g/mol. The Balaban J connectivity index is 1.91. The topological polar surface area (TPSA) is 43.2 Å². The molecule has 1 aliphatic rings. The summed E-state index contributed by atoms with van der Waals surface area (Å²) in [6.07, 6.45) is 1.86. The van der Waals surface area contributed by atoms with Crippen LogP contribution in [0.5, 0.6) is 0 Å². The van der Waals surface area contributed by atoms with E-state index in [0.717, 1.165) is 38.4 Å². The lowest BCUT2D eigenvalue weighted by atomic mass is 10.0. The second kappa shape index (κ2) is 5.68. The maximum absolute atomic E-state index is 9.17. The number of pyridine rings is 1. The molecule has 0 amide bonds. The predicted octanol–water partition coefficient (Wildman–Crippen LogP) is 1.81. The van der Waals surface area contributed by atoms with Crippen molar-refractivity contribution >= 4 is 0 Å². The first kappa shape index (κ1) is 14.0. The normalized spacial score (nSPS) is 18.2. The lowest BCUT2D eigenvalue weighted by Gasteiger charge is -2.40. The van der Waals surface area contributed by atoms with Gasteiger partial charge in [0.1, 0.15) is 5.54 Å². The summed E-state index contributed by atoms with van der Waals surface area (Å²) in [5.74, 6) is 0. The number of aryl methyl sites for hydroxylation is 1. The Morgan fingerprint density at radius 3 is 2.58 bits per heavy atom. The van der Waals surface area contributed by atoms with Crippen molar-refractivity contribution in [1.29, 1.82) is 5.26 Å². The van der Waals surface area contributed by atoms with Gasteiger partial charge in [-0.05, 0) is 32.4 Å². The van der Waals surface area contributed by atoms with Crippen molar-refractivity contribution in [2.45, 2.75) is 32.9 Å². The minimum Gasteiger partial charge on any atom is -0.295 e. The summed E-state index contributed by atoms with van der Waals surface area (Å²) in [5, 5.41) is 9.17. The van der Waals surface area contributed by atoms with Crippen LogP contribution in [0.4, 0.5) is 0 Å². The first-order valence-electron chi connectivity index (χ1n) is 6.82. The molecular weight excluding hydrogens is 236 g/mol. The molecule has 0 bridgehead atoms. The van der Waals surface area contributed by atoms with Gasteiger partial charge >= 0.3 is 0 Å². The molecule has 102 valence electrons. The third-order valence-electron chi connectivity index (χ3n) is 3.93. The first-order valence-corrected chi connectivity index (χ1v) is 6.82. The van der Waals surface area contributed by atoms with Crippen molar-refractivity contribution in [2.24, 2.45) is 0 Å². The van der Waals surface area contributed by atoms with Gasteiger partial charge in [-0.2, -0.15) is 5.26 Å². The highest BCUT2D eigenvalue weighted by atomic mass is 15.3. The van der Waals surface area contributed by atoms with E-state index in [2.05, 4.69) is 33.8 Å². The summed E-state index contributed by atoms with van der Waals surface area (Å²) in [6, 6.07) is 6.47. The van der Waals surface area contributed by atoms with Gasteiger partial charge in [0.25, 0.3) is 0 Å². The molecule has 1 fully saturated rings. The third kappa shape index (κ3) is 3.31. The van der Waals surface area contributed by atoms with E-state index in [4.69, 9.17) is 5.26 Å². The number of rotatable bonds is 3. The van der Waals surface area contributed by atoms with Crippen LogP contribution < -0.4 is 0 Å². The zero-order valence-electron chi connectivity index (χ0n) is 12.1. The maximum Gasteiger partial charge on any atom is 0.103 e. The van der Waals surface area contributed by atoms with Gasteiger partial charge in [0, 0.05) is 38.9 Å². The van der Waals surface area contributed by atoms with Gasteiger partial charge in [0.05, 0.1) is 11.8 Å². The quantitative estimate of drug-likeness (QED) is 0.829. The Kier molecular flexibility index (Phi) is 4.18. The molecule has 19 heavy (non-hydrogen) atoms. The van der Waals surface area contributed by atoms with E-state index in [0.29, 0.717) is 0 Å². The number of nitrogens with zero attached hydrogens (tertiary/aromatic N) is 4. The van der Waals surface area contributed by atoms with Gasteiger partial charge in [-0.1, -0.05) is 6.07 Å². The average molecular weight is 258 g/mol. The van der Waals surface area contributed by atoms with E-state index in [1.54, 1.807) is 0 Å². The highest BCUT2D eigenvalue weighted by Crippen LogP contribution is 2.17. The number of piperazine rings is 1. The lowest BCUT2D eigenvalue weighted by Crippen LogP contribution is -2.53. The van der Waals surface area contributed by atoms with E-state index < -0.39 is 0 Å². The van der Waals surface area contributed by atoms with Crippen LogP contribution in [0, 0.1) is 18.3 Å². The lowest BCUT2D eigenvalue weighted by molar-refractivity contribution is 0.0756. The zero-order chi connectivity index (χ0) is 13.9. The molecular formula is C15H22N4. The molecule has 1 aliphatic heterocycles. The van der Waals surface area contributed by atoms with Crippen LogP contribution in [0.2, 0.25) is 0 Å². The molecule has 0 saturated carbocycles. The molecule has 0 radical (unpaired) electrons. The Hall–Kier alpha value is -1.44. The van der Waals surface area contributed by atoms with Crippen molar-refractivity contribution in [3.05, 3.63) is 29.6 Å². The van der Waals surface area contributed by atoms with Gasteiger partial charge in [0.2, 0.25) is 0 Å². The van der Waals surface area contributed by atoms with E-state index in [1.807, 2.05) is 26.1 Å². The highest BCUT2D eigenvalue weighted by Gasteiger charge is 2.29. The Morgan fingerprint density at radius 1 is 1.32 bits per heavy atom. The number of hydrogen-bond acceptors (Lipinski definition) is 4. The molecule has 0 atom stereocenters. The van der Waals surface area contributed by atoms with Crippen LogP contribution in [-0.2, 0) is 6.54 Å². The molecule has 2 rings (SSSR count). The van der Waals surface area contributed by atoms with Crippen LogP contribution in [-0.4, -0.2) is 46.5 Å². The molecule has 0 aliphatic carbocycles. The number of aromatic nitrogens is 1. The molecule has 0 unspecified atom stereocenters. The van der Waals surface area contributed by atoms with Crippen molar-refractivity contribution in [3.8, 4) is 6.07 Å². The van der Waals surface area contributed by atoms with Crippen LogP contribution >= 0.6 is 0 Å². The van der Waals surface area contributed by atoms with Crippen molar-refractivity contribution in [3.63, 3.8) is 0 Å². The SMILES string of the molecule is Cc1cccnc1CN1CCN(C(C)(C)C#N)CC1. The summed E-state index contributed by atoms with van der Waals surface area (Å²) < 4.78 is 0. The molecule has 4 heteroatoms. The van der Waals surface area contributed by atoms with E-state index in [1.165, 1.54) is 5.56 Å². The molecule has 2 heterocycles. The summed E-state index contributed by atoms with van der Waals surface area (Å²) >= 11 is 0. The predicted molar refractivity (Wildman–Crippen MR) is 75.5 cm³/mol. The number of nitriles is 1. The van der Waals surface area contributed by atoms with E-state index >= 15 is 0 Å². The Morgan fingerprint density at radius 2 is 2.00 bits per heavy atom. The fourth-order valence-electron chi connectivity index (χ4n) is 2.43. The van der Waals surface area contributed by atoms with E-state index in [-0.39, 0.29) is 5.54 Å². The van der Waals surface area contributed by atoms with Gasteiger partial charge < -0.3 is 0 Å². The van der Waals surface area contributed by atoms with Crippen LogP contribution in [0.3, 0.4) is 0 Å². The summed E-state index contributed by atoms with van der Waals surface area (Å²) in [7, 11) is 0. The summed E-state index contributed by atoms with van der Waals surface area (Å²) in [5.41, 5.74) is 2.06. The first-order chi connectivity index (χ1) is 9.03. The second-order valence-corrected chi connectivity index (χ2v) is 5.70. The van der Waals surface area contributed by atoms with Crippen LogP contribution in [0.1, 0.15) is 25.1 Å². The third-order valence-corrected chi connectivity index (χ3v) is 3.93. The minimum absolute atomic E-state index is 0.354. The van der Waals surface area contributed by atoms with Gasteiger partial charge in [-0.25, -0.2) is 0 Å². The van der Waals surface area contributed by atoms with Crippen molar-refractivity contribution < 1.29 is 0 Å². The van der Waals surface area contributed by atoms with Crippen molar-refractivity contribution in [1.82, 2.24) is 14.8 Å². The summed E-state index contributed by atoms with van der Waals surface area (Å²) in [4.78, 5) is 9.12. The van der Waals surface area contributed by atoms with Crippen LogP contribution in [0.15, 0.2) is 18.3 Å². The average Bonchev–Trinajstić information content (AvgIpc) is 2.42. The Labute approximate surface area is 115 Å². The van der Waals surface area contributed by atoms with E-state index in [9.17, 15) is 0 Å². The van der Waals surface area contributed by atoms with Gasteiger partial charge in [-0.3, -0.25) is 14.8 Å². The standard InChI is InChI=1S/C15H22N4/c1-13-5-4-6-17-14(13)11-18-7-9-19(10-8-18)15(2,3)12-16/h4-6H,7-11H2,1-3H3. The molecule has 0 N–H and O–H groups in total. The summed E-state index contributed by atoms with van der Waals surface area (Å²) in [6.45, 7) is 10.9. The molecule has 4 nitrogen and oxygen atoms in total. The maximum atomic E-state index is 9.17. The second-order valence-electron chi connectivity index (χ2n) is 5.70. The largest absolute Gasteiger partial charge is 0.295 e.